The monoisotopic (exact) mass is 424 g/mol. The van der Waals surface area contributed by atoms with Crippen molar-refractivity contribution in [3.05, 3.63) is 59.3 Å². The first-order chi connectivity index (χ1) is 14.4. The molecule has 10 heteroatoms. The van der Waals surface area contributed by atoms with Crippen molar-refractivity contribution in [2.75, 3.05) is 11.9 Å². The Morgan fingerprint density at radius 2 is 2.10 bits per heavy atom. The molecule has 2 aromatic rings. The number of nitrogens with one attached hydrogen (secondary N) is 4. The maximum Gasteiger partial charge on any atom is 0.298 e. The van der Waals surface area contributed by atoms with E-state index in [0.717, 1.165) is 48.0 Å². The summed E-state index contributed by atoms with van der Waals surface area (Å²) in [5, 5.41) is 11.8. The molecule has 0 bridgehead atoms. The second kappa shape index (κ2) is 8.14. The number of H-pyrrole nitrogens is 1. The molecular formula is C20H20N6O3S. The third-order valence-electron chi connectivity index (χ3n) is 5.03. The molecule has 0 saturated carbocycles. The minimum atomic E-state index is -3.49. The Labute approximate surface area is 174 Å². The van der Waals surface area contributed by atoms with Crippen LogP contribution in [0.3, 0.4) is 0 Å². The van der Waals surface area contributed by atoms with Crippen LogP contribution in [0.2, 0.25) is 0 Å². The van der Waals surface area contributed by atoms with Gasteiger partial charge in [0.15, 0.2) is 5.82 Å². The molecular weight excluding hydrogens is 404 g/mol. The van der Waals surface area contributed by atoms with Crippen LogP contribution in [0.5, 0.6) is 0 Å². The highest BCUT2D eigenvalue weighted by Gasteiger charge is 2.19. The lowest BCUT2D eigenvalue weighted by molar-refractivity contribution is 0.101. The number of hydrogen-bond donors (Lipinski definition) is 4. The van der Waals surface area contributed by atoms with Crippen molar-refractivity contribution >= 4 is 33.0 Å². The quantitative estimate of drug-likeness (QED) is 0.596. The van der Waals surface area contributed by atoms with Crippen LogP contribution in [-0.4, -0.2) is 30.8 Å². The summed E-state index contributed by atoms with van der Waals surface area (Å²) in [4.78, 5) is 19.2. The van der Waals surface area contributed by atoms with E-state index in [1.807, 2.05) is 18.2 Å². The summed E-state index contributed by atoms with van der Waals surface area (Å²) in [6.45, 7) is 0.183. The predicted octanol–water partition coefficient (Wildman–Crippen LogP) is 2.27. The van der Waals surface area contributed by atoms with Gasteiger partial charge in [0.2, 0.25) is 0 Å². The Bertz CT molecular complexity index is 1200. The fourth-order valence-corrected chi connectivity index (χ4v) is 4.20. The van der Waals surface area contributed by atoms with Gasteiger partial charge in [-0.1, -0.05) is 12.1 Å². The lowest BCUT2D eigenvalue weighted by atomic mass is 9.90. The normalized spacial score (nSPS) is 17.8. The lowest BCUT2D eigenvalue weighted by Gasteiger charge is -2.20. The highest BCUT2D eigenvalue weighted by molar-refractivity contribution is 7.87. The van der Waals surface area contributed by atoms with Gasteiger partial charge in [0.05, 0.1) is 6.20 Å². The van der Waals surface area contributed by atoms with Gasteiger partial charge >= 0.3 is 0 Å². The van der Waals surface area contributed by atoms with Crippen LogP contribution in [-0.2, 0) is 10.2 Å². The molecule has 0 atom stereocenters. The molecule has 4 rings (SSSR count). The van der Waals surface area contributed by atoms with Crippen LogP contribution in [0.15, 0.2) is 36.7 Å². The molecule has 1 aromatic carbocycles. The van der Waals surface area contributed by atoms with Crippen LogP contribution < -0.4 is 14.8 Å². The molecule has 30 heavy (non-hydrogen) atoms. The van der Waals surface area contributed by atoms with Gasteiger partial charge in [-0.15, -0.1) is 0 Å². The summed E-state index contributed by atoms with van der Waals surface area (Å²) in [6, 6.07) is 7.51. The van der Waals surface area contributed by atoms with E-state index in [2.05, 4.69) is 30.8 Å². The molecule has 154 valence electrons. The van der Waals surface area contributed by atoms with Gasteiger partial charge in [0.1, 0.15) is 11.8 Å². The van der Waals surface area contributed by atoms with Crippen LogP contribution in [0.4, 0.5) is 5.69 Å². The van der Waals surface area contributed by atoms with Crippen molar-refractivity contribution in [3.63, 3.8) is 0 Å². The van der Waals surface area contributed by atoms with Crippen LogP contribution in [0.25, 0.3) is 11.1 Å². The zero-order valence-electron chi connectivity index (χ0n) is 16.0. The highest BCUT2D eigenvalue weighted by Crippen LogP contribution is 2.34. The van der Waals surface area contributed by atoms with E-state index in [4.69, 9.17) is 5.26 Å². The van der Waals surface area contributed by atoms with Gasteiger partial charge in [-0.05, 0) is 54.5 Å². The Balaban J connectivity index is 1.67. The van der Waals surface area contributed by atoms with Crippen molar-refractivity contribution in [1.82, 2.24) is 19.4 Å². The van der Waals surface area contributed by atoms with Crippen LogP contribution >= 0.6 is 0 Å². The summed E-state index contributed by atoms with van der Waals surface area (Å²) in [5.74, 6) is -0.374. The SMILES string of the molecule is N#Cc1cnc(C(=O)Nc2ccc(C3=CNS(=O)(=O)NC3)cc2C2=CCCCC2)[nH]1. The maximum atomic E-state index is 12.6. The number of carbonyl (C=O) groups excluding carboxylic acids is 1. The summed E-state index contributed by atoms with van der Waals surface area (Å²) in [7, 11) is -3.49. The van der Waals surface area contributed by atoms with E-state index in [-0.39, 0.29) is 18.1 Å². The Kier molecular flexibility index (Phi) is 5.39. The van der Waals surface area contributed by atoms with E-state index < -0.39 is 16.1 Å². The van der Waals surface area contributed by atoms with E-state index in [1.165, 1.54) is 12.4 Å². The molecule has 9 nitrogen and oxygen atoms in total. The van der Waals surface area contributed by atoms with Gasteiger partial charge in [-0.25, -0.2) is 4.98 Å². The van der Waals surface area contributed by atoms with Gasteiger partial charge in [0, 0.05) is 24.0 Å². The summed E-state index contributed by atoms with van der Waals surface area (Å²) < 4.78 is 27.9. The van der Waals surface area contributed by atoms with Gasteiger partial charge in [-0.3, -0.25) is 9.52 Å². The molecule has 0 unspecified atom stereocenters. The van der Waals surface area contributed by atoms with E-state index >= 15 is 0 Å². The fourth-order valence-electron chi connectivity index (χ4n) is 3.48. The Morgan fingerprint density at radius 3 is 2.77 bits per heavy atom. The number of benzene rings is 1. The first-order valence-corrected chi connectivity index (χ1v) is 11.0. The number of carbonyl (C=O) groups is 1. The molecule has 1 aromatic heterocycles. The highest BCUT2D eigenvalue weighted by atomic mass is 32.2. The summed E-state index contributed by atoms with van der Waals surface area (Å²) in [5.41, 5.74) is 4.53. The Morgan fingerprint density at radius 1 is 1.23 bits per heavy atom. The second-order valence-electron chi connectivity index (χ2n) is 7.06. The number of rotatable bonds is 4. The van der Waals surface area contributed by atoms with Crippen molar-refractivity contribution in [2.24, 2.45) is 0 Å². The molecule has 1 amide bonds. The van der Waals surface area contributed by atoms with E-state index in [0.29, 0.717) is 5.69 Å². The summed E-state index contributed by atoms with van der Waals surface area (Å²) in [6.07, 6.45) is 9.03. The number of aromatic amines is 1. The number of aromatic nitrogens is 2. The van der Waals surface area contributed by atoms with Gasteiger partial charge in [0.25, 0.3) is 16.1 Å². The van der Waals surface area contributed by atoms with Gasteiger partial charge in [-0.2, -0.15) is 18.4 Å². The minimum absolute atomic E-state index is 0.0628. The zero-order valence-corrected chi connectivity index (χ0v) is 16.8. The molecule has 0 spiro atoms. The molecule has 0 saturated heterocycles. The van der Waals surface area contributed by atoms with E-state index in [9.17, 15) is 13.2 Å². The topological polar surface area (TPSA) is 140 Å². The van der Waals surface area contributed by atoms with Crippen molar-refractivity contribution < 1.29 is 13.2 Å². The molecule has 1 aliphatic heterocycles. The first-order valence-electron chi connectivity index (χ1n) is 9.51. The maximum absolute atomic E-state index is 12.6. The molecule has 4 N–H and O–H groups in total. The number of anilines is 1. The summed E-state index contributed by atoms with van der Waals surface area (Å²) >= 11 is 0. The minimum Gasteiger partial charge on any atom is -0.326 e. The third kappa shape index (κ3) is 4.27. The predicted molar refractivity (Wildman–Crippen MR) is 112 cm³/mol. The third-order valence-corrected chi connectivity index (χ3v) is 5.98. The largest absolute Gasteiger partial charge is 0.326 e. The number of amides is 1. The molecule has 2 aliphatic rings. The molecule has 2 heterocycles. The number of nitriles is 1. The van der Waals surface area contributed by atoms with Crippen molar-refractivity contribution in [2.45, 2.75) is 25.7 Å². The number of imidazole rings is 1. The number of allylic oxidation sites excluding steroid dienone is 2. The first kappa shape index (κ1) is 19.9. The fraction of sp³-hybridized carbons (Fsp3) is 0.250. The zero-order chi connectivity index (χ0) is 21.1. The van der Waals surface area contributed by atoms with Crippen LogP contribution in [0, 0.1) is 11.3 Å². The standard InChI is InChI=1S/C20H20N6O3S/c21-9-16-12-22-19(25-16)20(27)26-18-7-6-14(15-10-23-30(28,29)24-11-15)8-17(18)13-4-2-1-3-5-13/h4,6-8,10,12,23-24H,1-3,5,11H2,(H,22,25)(H,26,27). The van der Waals surface area contributed by atoms with Crippen LogP contribution in [0.1, 0.15) is 53.1 Å². The average molecular weight is 424 g/mol. The Hall–Kier alpha value is -3.42. The molecule has 1 aliphatic carbocycles. The van der Waals surface area contributed by atoms with E-state index in [1.54, 1.807) is 6.07 Å². The lowest BCUT2D eigenvalue weighted by Crippen LogP contribution is -2.38. The van der Waals surface area contributed by atoms with Gasteiger partial charge < -0.3 is 10.3 Å². The molecule has 0 fully saturated rings. The number of hydrogen-bond acceptors (Lipinski definition) is 5. The second-order valence-corrected chi connectivity index (χ2v) is 8.59. The van der Waals surface area contributed by atoms with Crippen molar-refractivity contribution in [3.8, 4) is 6.07 Å². The van der Waals surface area contributed by atoms with Crippen molar-refractivity contribution in [1.29, 1.82) is 5.26 Å². The number of nitrogens with zero attached hydrogens (tertiary/aromatic N) is 2. The molecule has 0 radical (unpaired) electrons. The average Bonchev–Trinajstić information content (AvgIpc) is 3.24. The smallest absolute Gasteiger partial charge is 0.298 e.